The fraction of sp³-hybridized carbons (Fsp3) is 0.622. The molecule has 1 saturated carbocycles. The van der Waals surface area contributed by atoms with Gasteiger partial charge in [0.25, 0.3) is 0 Å². The first kappa shape index (κ1) is 36.6. The molecule has 2 aromatic rings. The quantitative estimate of drug-likeness (QED) is 0.210. The Hall–Kier alpha value is -3.67. The van der Waals surface area contributed by atoms with Crippen LogP contribution in [-0.4, -0.2) is 72.1 Å². The second kappa shape index (κ2) is 17.3. The maximum Gasteiger partial charge on any atom is 0.416 e. The number of nitrogens with zero attached hydrogens (tertiary/aromatic N) is 4. The van der Waals surface area contributed by atoms with E-state index in [4.69, 9.17) is 9.47 Å². The lowest BCUT2D eigenvalue weighted by atomic mass is 9.84. The van der Waals surface area contributed by atoms with Crippen LogP contribution >= 0.6 is 0 Å². The van der Waals surface area contributed by atoms with Crippen molar-refractivity contribution in [3.63, 3.8) is 0 Å². The van der Waals surface area contributed by atoms with Crippen LogP contribution < -0.4 is 19.7 Å². The normalized spacial score (nSPS) is 18.1. The highest BCUT2D eigenvalue weighted by Crippen LogP contribution is 2.39. The minimum absolute atomic E-state index is 0.00170. The molecule has 49 heavy (non-hydrogen) atoms. The SMILES string of the molecule is CCOc1ncnc(OCC)c1N(CCCCN1CCC(NC(=O)C2=C(c3ccc(C(F)(F)F)cc3)CCCCC2)CC1)C(=O)C1CCC1. The van der Waals surface area contributed by atoms with E-state index in [9.17, 15) is 22.8 Å². The van der Waals surface area contributed by atoms with Gasteiger partial charge in [0.05, 0.1) is 18.8 Å². The number of hydrogen-bond acceptors (Lipinski definition) is 7. The van der Waals surface area contributed by atoms with E-state index in [-0.39, 0.29) is 23.8 Å². The van der Waals surface area contributed by atoms with E-state index in [0.717, 1.165) is 102 Å². The van der Waals surface area contributed by atoms with Gasteiger partial charge in [0.1, 0.15) is 6.33 Å². The molecule has 0 unspecified atom stereocenters. The molecule has 268 valence electrons. The molecule has 3 aliphatic rings. The first-order chi connectivity index (χ1) is 23.7. The van der Waals surface area contributed by atoms with Crippen LogP contribution in [0.5, 0.6) is 11.8 Å². The van der Waals surface area contributed by atoms with Crippen LogP contribution in [0, 0.1) is 5.92 Å². The average molecular weight is 686 g/mol. The molecule has 0 atom stereocenters. The van der Waals surface area contributed by atoms with Crippen molar-refractivity contribution in [3.05, 3.63) is 47.3 Å². The molecular formula is C37H50F3N5O4. The Kier molecular flexibility index (Phi) is 12.9. The highest BCUT2D eigenvalue weighted by atomic mass is 19.4. The summed E-state index contributed by atoms with van der Waals surface area (Å²) in [6.45, 7) is 7.71. The number of alkyl halides is 3. The number of allylic oxidation sites excluding steroid dienone is 1. The molecule has 0 spiro atoms. The van der Waals surface area contributed by atoms with Gasteiger partial charge >= 0.3 is 6.18 Å². The van der Waals surface area contributed by atoms with Crippen LogP contribution in [-0.2, 0) is 15.8 Å². The minimum Gasteiger partial charge on any atom is -0.476 e. The molecule has 0 radical (unpaired) electrons. The molecule has 9 nitrogen and oxygen atoms in total. The van der Waals surface area contributed by atoms with Crippen LogP contribution in [0.3, 0.4) is 0 Å². The number of nitrogens with one attached hydrogen (secondary N) is 1. The molecule has 2 heterocycles. The second-order valence-electron chi connectivity index (χ2n) is 13.2. The first-order valence-electron chi connectivity index (χ1n) is 18.0. The van der Waals surface area contributed by atoms with E-state index in [1.807, 2.05) is 13.8 Å². The summed E-state index contributed by atoms with van der Waals surface area (Å²) < 4.78 is 51.0. The van der Waals surface area contributed by atoms with E-state index in [1.165, 1.54) is 18.5 Å². The van der Waals surface area contributed by atoms with Crippen molar-refractivity contribution < 1.29 is 32.2 Å². The lowest BCUT2D eigenvalue weighted by molar-refractivity contribution is -0.137. The number of benzene rings is 1. The molecule has 1 aromatic heterocycles. The fourth-order valence-corrected chi connectivity index (χ4v) is 6.96. The Bertz CT molecular complexity index is 1410. The Morgan fingerprint density at radius 3 is 2.14 bits per heavy atom. The number of piperidine rings is 1. The summed E-state index contributed by atoms with van der Waals surface area (Å²) in [6.07, 6.45) is 7.32. The predicted molar refractivity (Wildman–Crippen MR) is 182 cm³/mol. The number of carbonyl (C=O) groups excluding carboxylic acids is 2. The van der Waals surface area contributed by atoms with Gasteiger partial charge in [0.15, 0.2) is 5.69 Å². The summed E-state index contributed by atoms with van der Waals surface area (Å²) in [4.78, 5) is 40.0. The third-order valence-corrected chi connectivity index (χ3v) is 9.89. The molecule has 1 saturated heterocycles. The smallest absolute Gasteiger partial charge is 0.416 e. The monoisotopic (exact) mass is 685 g/mol. The van der Waals surface area contributed by atoms with E-state index in [2.05, 4.69) is 20.2 Å². The first-order valence-corrected chi connectivity index (χ1v) is 18.0. The zero-order valence-electron chi connectivity index (χ0n) is 28.8. The van der Waals surface area contributed by atoms with Gasteiger partial charge in [-0.3, -0.25) is 9.59 Å². The lowest BCUT2D eigenvalue weighted by Gasteiger charge is -2.34. The van der Waals surface area contributed by atoms with Crippen molar-refractivity contribution in [1.82, 2.24) is 20.2 Å². The van der Waals surface area contributed by atoms with Crippen molar-refractivity contribution in [3.8, 4) is 11.8 Å². The molecule has 12 heteroatoms. The van der Waals surface area contributed by atoms with Gasteiger partial charge in [-0.05, 0) is 108 Å². The van der Waals surface area contributed by atoms with Gasteiger partial charge in [-0.2, -0.15) is 23.1 Å². The summed E-state index contributed by atoms with van der Waals surface area (Å²) in [7, 11) is 0. The topological polar surface area (TPSA) is 96.9 Å². The molecule has 0 bridgehead atoms. The number of anilines is 1. The van der Waals surface area contributed by atoms with Crippen LogP contribution in [0.4, 0.5) is 18.9 Å². The van der Waals surface area contributed by atoms with Crippen LogP contribution in [0.1, 0.15) is 102 Å². The van der Waals surface area contributed by atoms with E-state index >= 15 is 0 Å². The molecular weight excluding hydrogens is 635 g/mol. The van der Waals surface area contributed by atoms with E-state index in [1.54, 1.807) is 4.90 Å². The van der Waals surface area contributed by atoms with Crippen LogP contribution in [0.15, 0.2) is 36.2 Å². The van der Waals surface area contributed by atoms with Gasteiger partial charge in [-0.25, -0.2) is 0 Å². The summed E-state index contributed by atoms with van der Waals surface area (Å²) >= 11 is 0. The van der Waals surface area contributed by atoms with E-state index < -0.39 is 11.7 Å². The molecule has 1 N–H and O–H groups in total. The summed E-state index contributed by atoms with van der Waals surface area (Å²) in [5.74, 6) is 0.713. The molecule has 5 rings (SSSR count). The van der Waals surface area contributed by atoms with Crippen molar-refractivity contribution in [2.45, 2.75) is 103 Å². The zero-order chi connectivity index (χ0) is 34.8. The molecule has 2 amide bonds. The van der Waals surface area contributed by atoms with Gasteiger partial charge in [0.2, 0.25) is 23.6 Å². The van der Waals surface area contributed by atoms with Gasteiger partial charge < -0.3 is 24.6 Å². The average Bonchev–Trinajstić information content (AvgIpc) is 3.32. The number of carbonyl (C=O) groups is 2. The summed E-state index contributed by atoms with van der Waals surface area (Å²) in [6, 6.07) is 5.27. The number of halogens is 3. The highest BCUT2D eigenvalue weighted by Gasteiger charge is 2.34. The van der Waals surface area contributed by atoms with Crippen molar-refractivity contribution >= 4 is 23.1 Å². The predicted octanol–water partition coefficient (Wildman–Crippen LogP) is 7.20. The number of likely N-dealkylation sites (tertiary alicyclic amines) is 1. The molecule has 1 aliphatic heterocycles. The Labute approximate surface area is 287 Å². The number of amides is 2. The summed E-state index contributed by atoms with van der Waals surface area (Å²) in [5.41, 5.74) is 2.12. The van der Waals surface area contributed by atoms with Crippen LogP contribution in [0.2, 0.25) is 0 Å². The third kappa shape index (κ3) is 9.52. The Morgan fingerprint density at radius 1 is 0.898 bits per heavy atom. The standard InChI is InChI=1S/C37H50F3N5O4/c1-3-48-34-32(35(49-4-2)42-25-41-34)45(36(47)27-11-10-12-27)22-9-8-21-44-23-19-29(20-24-44)43-33(46)31-14-7-5-6-13-30(31)26-15-17-28(18-16-26)37(38,39)40/h15-18,25,27,29H,3-14,19-24H2,1-2H3,(H,43,46). The largest absolute Gasteiger partial charge is 0.476 e. The number of unbranched alkanes of at least 4 members (excludes halogenated alkanes) is 1. The van der Waals surface area contributed by atoms with Gasteiger partial charge in [0, 0.05) is 37.2 Å². The molecule has 2 fully saturated rings. The minimum atomic E-state index is -4.39. The molecule has 1 aromatic carbocycles. The lowest BCUT2D eigenvalue weighted by Crippen LogP contribution is -2.45. The number of rotatable bonds is 14. The molecule has 2 aliphatic carbocycles. The second-order valence-corrected chi connectivity index (χ2v) is 13.2. The highest BCUT2D eigenvalue weighted by molar-refractivity contribution is 6.01. The Balaban J connectivity index is 1.15. The Morgan fingerprint density at radius 2 is 1.55 bits per heavy atom. The zero-order valence-corrected chi connectivity index (χ0v) is 28.8. The van der Waals surface area contributed by atoms with Crippen molar-refractivity contribution in [2.75, 3.05) is 44.3 Å². The van der Waals surface area contributed by atoms with Gasteiger partial charge in [-0.15, -0.1) is 0 Å². The maximum atomic E-state index is 13.6. The van der Waals surface area contributed by atoms with Gasteiger partial charge in [-0.1, -0.05) is 25.0 Å². The number of aromatic nitrogens is 2. The van der Waals surface area contributed by atoms with E-state index in [0.29, 0.717) is 61.2 Å². The van der Waals surface area contributed by atoms with Crippen molar-refractivity contribution in [2.24, 2.45) is 5.92 Å². The van der Waals surface area contributed by atoms with Crippen LogP contribution in [0.25, 0.3) is 5.57 Å². The maximum absolute atomic E-state index is 13.6. The number of ether oxygens (including phenoxy) is 2. The van der Waals surface area contributed by atoms with Crippen molar-refractivity contribution in [1.29, 1.82) is 0 Å². The number of hydrogen-bond donors (Lipinski definition) is 1. The third-order valence-electron chi connectivity index (χ3n) is 9.89. The summed E-state index contributed by atoms with van der Waals surface area (Å²) in [5, 5.41) is 3.25. The fourth-order valence-electron chi connectivity index (χ4n) is 6.96.